The first kappa shape index (κ1) is 31.0. The molecule has 7 nitrogen and oxygen atoms in total. The van der Waals surface area contributed by atoms with Gasteiger partial charge in [-0.05, 0) is 55.0 Å². The number of aromatic nitrogens is 5. The normalized spacial score (nSPS) is 14.3. The van der Waals surface area contributed by atoms with E-state index in [0.717, 1.165) is 84.0 Å². The third-order valence-corrected chi connectivity index (χ3v) is 11.2. The minimum Gasteiger partial charge on any atom is -0.493 e. The van der Waals surface area contributed by atoms with Crippen LogP contribution in [-0.4, -0.2) is 36.5 Å². The van der Waals surface area contributed by atoms with E-state index in [-0.39, 0.29) is 5.78 Å². The van der Waals surface area contributed by atoms with Crippen molar-refractivity contribution >= 4 is 62.6 Å². The van der Waals surface area contributed by atoms with E-state index in [0.29, 0.717) is 29.5 Å². The summed E-state index contributed by atoms with van der Waals surface area (Å²) in [6, 6.07) is 19.0. The molecule has 4 heterocycles. The molecule has 0 fully saturated rings. The lowest BCUT2D eigenvalue weighted by molar-refractivity contribution is 0.100. The van der Waals surface area contributed by atoms with Crippen molar-refractivity contribution in [3.63, 3.8) is 0 Å². The molecule has 8 bridgehead atoms. The summed E-state index contributed by atoms with van der Waals surface area (Å²) in [6.07, 6.45) is 1.46. The van der Waals surface area contributed by atoms with Crippen molar-refractivity contribution in [1.82, 2.24) is 24.1 Å². The molecule has 0 saturated heterocycles. The van der Waals surface area contributed by atoms with Gasteiger partial charge in [0.2, 0.25) is 0 Å². The van der Waals surface area contributed by atoms with E-state index in [2.05, 4.69) is 55.5 Å². The number of hydrogen-bond acceptors (Lipinski definition) is 6. The topological polar surface area (TPSA) is 66.9 Å². The quantitative estimate of drug-likeness (QED) is 0.163. The molecule has 3 aromatic heterocycles. The lowest BCUT2D eigenvalue weighted by Gasteiger charge is -2.12. The largest absolute Gasteiger partial charge is 0.493 e. The van der Waals surface area contributed by atoms with Crippen molar-refractivity contribution < 1.29 is 9.53 Å². The molecule has 0 atom stereocenters. The second-order valence-electron chi connectivity index (χ2n) is 11.9. The third-order valence-electron chi connectivity index (χ3n) is 8.93. The summed E-state index contributed by atoms with van der Waals surface area (Å²) in [6.45, 7) is 4.26. The summed E-state index contributed by atoms with van der Waals surface area (Å²) in [5.74, 6) is 3.20. The number of ether oxygens (including phenoxy) is 1. The molecular formula is C36H36ClN5O2S2. The summed E-state index contributed by atoms with van der Waals surface area (Å²) < 4.78 is 12.5. The molecule has 0 unspecified atom stereocenters. The van der Waals surface area contributed by atoms with Gasteiger partial charge >= 0.3 is 0 Å². The average molecular weight is 670 g/mol. The van der Waals surface area contributed by atoms with Gasteiger partial charge in [-0.25, -0.2) is 0 Å². The smallest absolute Gasteiger partial charge is 0.176 e. The molecule has 0 aliphatic carbocycles. The predicted octanol–water partition coefficient (Wildman–Crippen LogP) is 8.68. The number of nitrogens with zero attached hydrogens (tertiary/aromatic N) is 5. The van der Waals surface area contributed by atoms with Gasteiger partial charge in [0.1, 0.15) is 5.75 Å². The Bertz CT molecular complexity index is 2140. The number of ketones is 1. The second-order valence-corrected chi connectivity index (χ2v) is 14.4. The highest BCUT2D eigenvalue weighted by atomic mass is 35.5. The van der Waals surface area contributed by atoms with Crippen LogP contribution in [0.25, 0.3) is 32.8 Å². The monoisotopic (exact) mass is 669 g/mol. The first-order valence-corrected chi connectivity index (χ1v) is 17.9. The Morgan fingerprint density at radius 2 is 1.76 bits per heavy atom. The molecule has 1 aliphatic heterocycles. The van der Waals surface area contributed by atoms with Crippen molar-refractivity contribution in [1.29, 1.82) is 0 Å². The van der Waals surface area contributed by atoms with E-state index in [1.807, 2.05) is 41.1 Å². The Kier molecular flexibility index (Phi) is 8.42. The number of benzene rings is 3. The zero-order valence-electron chi connectivity index (χ0n) is 26.7. The van der Waals surface area contributed by atoms with E-state index in [9.17, 15) is 4.79 Å². The van der Waals surface area contributed by atoms with Crippen LogP contribution in [0.15, 0.2) is 59.5 Å². The van der Waals surface area contributed by atoms with Gasteiger partial charge in [0.25, 0.3) is 0 Å². The number of Topliss-reactive ketones (excluding diaryl/α,β-unsaturated/α-hetero) is 1. The molecule has 0 N–H and O–H groups in total. The number of aryl methyl sites for hydroxylation is 4. The molecule has 3 aromatic carbocycles. The molecule has 46 heavy (non-hydrogen) atoms. The maximum atomic E-state index is 13.2. The van der Waals surface area contributed by atoms with Crippen LogP contribution in [0.1, 0.15) is 52.2 Å². The maximum absolute atomic E-state index is 13.2. The summed E-state index contributed by atoms with van der Waals surface area (Å²) in [7, 11) is 5.97. The number of hydrogen-bond donors (Lipinski definition) is 0. The molecule has 0 radical (unpaired) electrons. The highest BCUT2D eigenvalue weighted by Gasteiger charge is 2.26. The third kappa shape index (κ3) is 5.52. The molecule has 236 valence electrons. The zero-order valence-corrected chi connectivity index (χ0v) is 29.1. The summed E-state index contributed by atoms with van der Waals surface area (Å²) in [4.78, 5) is 14.3. The SMILES string of the molecule is CC(=O)c1c2c3ccc(Cl)c(c3n1C)-c1c(nn(C)c1C)CSCc1cc(n(C)n1)CSc1cc(c3ccccc3c1)OCCC2. The van der Waals surface area contributed by atoms with Gasteiger partial charge in [0, 0.05) is 83.5 Å². The molecule has 7 rings (SSSR count). The Balaban J connectivity index is 1.36. The zero-order chi connectivity index (χ0) is 32.1. The van der Waals surface area contributed by atoms with Gasteiger partial charge in [-0.3, -0.25) is 14.2 Å². The molecule has 0 saturated carbocycles. The fourth-order valence-corrected chi connectivity index (χ4v) is 8.79. The van der Waals surface area contributed by atoms with Gasteiger partial charge in [-0.2, -0.15) is 10.2 Å². The highest BCUT2D eigenvalue weighted by Crippen LogP contribution is 2.43. The molecule has 6 aromatic rings. The lowest BCUT2D eigenvalue weighted by atomic mass is 9.98. The first-order valence-electron chi connectivity index (χ1n) is 15.4. The Labute approximate surface area is 282 Å². The van der Waals surface area contributed by atoms with Crippen LogP contribution < -0.4 is 4.74 Å². The summed E-state index contributed by atoms with van der Waals surface area (Å²) >= 11 is 10.6. The standard InChI is InChI=1S/C36H36ClN5O2S2/c1-21-33-31(39-41(21)4)20-45-18-24-16-25(42(5)38-24)19-46-26-15-23-9-6-7-10-27(23)32(17-26)44-14-8-11-28-29-12-13-30(37)34(33)36(29)40(3)35(28)22(2)43/h6-7,9-10,12-13,15-17H,8,11,14,18-20H2,1-5H3. The van der Waals surface area contributed by atoms with Crippen LogP contribution in [0.5, 0.6) is 5.75 Å². The van der Waals surface area contributed by atoms with Crippen LogP contribution in [0.4, 0.5) is 0 Å². The molecule has 10 heteroatoms. The van der Waals surface area contributed by atoms with E-state index in [1.165, 1.54) is 5.69 Å². The summed E-state index contributed by atoms with van der Waals surface area (Å²) in [5, 5.41) is 13.7. The fourth-order valence-electron chi connectivity index (χ4n) is 6.71. The molecule has 0 amide bonds. The Morgan fingerprint density at radius 1 is 0.935 bits per heavy atom. The van der Waals surface area contributed by atoms with E-state index < -0.39 is 0 Å². The van der Waals surface area contributed by atoms with Crippen LogP contribution in [0.2, 0.25) is 5.02 Å². The van der Waals surface area contributed by atoms with E-state index >= 15 is 0 Å². The second kappa shape index (κ2) is 12.5. The lowest BCUT2D eigenvalue weighted by Crippen LogP contribution is -2.07. The average Bonchev–Trinajstić information content (AvgIpc) is 3.63. The van der Waals surface area contributed by atoms with Crippen molar-refractivity contribution in [2.75, 3.05) is 6.61 Å². The van der Waals surface area contributed by atoms with Crippen molar-refractivity contribution in [2.24, 2.45) is 21.1 Å². The summed E-state index contributed by atoms with van der Waals surface area (Å²) in [5.41, 5.74) is 8.92. The molecule has 0 spiro atoms. The van der Waals surface area contributed by atoms with Crippen LogP contribution in [0.3, 0.4) is 0 Å². The van der Waals surface area contributed by atoms with Gasteiger partial charge in [-0.1, -0.05) is 41.9 Å². The number of fused-ring (bicyclic) bond motifs is 8. The first-order chi connectivity index (χ1) is 22.2. The Hall–Kier alpha value is -3.66. The molecular weight excluding hydrogens is 634 g/mol. The number of halogens is 1. The van der Waals surface area contributed by atoms with Gasteiger partial charge in [0.05, 0.1) is 34.2 Å². The minimum atomic E-state index is 0.0373. The molecule has 1 aliphatic rings. The number of carbonyl (C=O) groups excluding carboxylic acids is 1. The van der Waals surface area contributed by atoms with Gasteiger partial charge < -0.3 is 9.30 Å². The fraction of sp³-hybridized carbons (Fsp3) is 0.306. The maximum Gasteiger partial charge on any atom is 0.176 e. The number of carbonyl (C=O) groups is 1. The van der Waals surface area contributed by atoms with E-state index in [1.54, 1.807) is 30.4 Å². The van der Waals surface area contributed by atoms with Crippen molar-refractivity contribution in [3.8, 4) is 16.9 Å². The number of rotatable bonds is 1. The highest BCUT2D eigenvalue weighted by molar-refractivity contribution is 7.98. The predicted molar refractivity (Wildman–Crippen MR) is 190 cm³/mol. The van der Waals surface area contributed by atoms with Gasteiger partial charge in [0.15, 0.2) is 5.78 Å². The van der Waals surface area contributed by atoms with Crippen molar-refractivity contribution in [2.45, 2.75) is 48.8 Å². The van der Waals surface area contributed by atoms with Crippen LogP contribution in [-0.2, 0) is 44.8 Å². The Morgan fingerprint density at radius 3 is 2.59 bits per heavy atom. The van der Waals surface area contributed by atoms with Gasteiger partial charge in [-0.15, -0.1) is 23.5 Å². The minimum absolute atomic E-state index is 0.0373. The van der Waals surface area contributed by atoms with Crippen molar-refractivity contribution in [3.05, 3.63) is 93.7 Å². The number of thioether (sulfide) groups is 2. The van der Waals surface area contributed by atoms with Crippen LogP contribution >= 0.6 is 35.1 Å². The van der Waals surface area contributed by atoms with E-state index in [4.69, 9.17) is 26.5 Å². The van der Waals surface area contributed by atoms with Crippen LogP contribution in [0, 0.1) is 6.92 Å².